The van der Waals surface area contributed by atoms with Gasteiger partial charge in [-0.15, -0.1) is 12.4 Å². The summed E-state index contributed by atoms with van der Waals surface area (Å²) in [7, 11) is 3.16. The van der Waals surface area contributed by atoms with E-state index in [0.29, 0.717) is 44.1 Å². The van der Waals surface area contributed by atoms with Crippen LogP contribution in [-0.4, -0.2) is 38.9 Å². The molecule has 1 heterocycles. The Morgan fingerprint density at radius 3 is 2.59 bits per heavy atom. The van der Waals surface area contributed by atoms with E-state index in [1.807, 2.05) is 18.2 Å². The van der Waals surface area contributed by atoms with Gasteiger partial charge >= 0.3 is 0 Å². The second-order valence-corrected chi connectivity index (χ2v) is 5.10. The van der Waals surface area contributed by atoms with Gasteiger partial charge in [0, 0.05) is 25.3 Å². The number of nitrogens with one attached hydrogen (secondary N) is 1. The maximum atomic E-state index is 12.3. The molecule has 0 aliphatic carbocycles. The molecule has 1 aromatic carbocycles. The minimum absolute atomic E-state index is 0. The van der Waals surface area contributed by atoms with Crippen molar-refractivity contribution in [2.75, 3.05) is 27.4 Å². The fourth-order valence-corrected chi connectivity index (χ4v) is 2.41. The van der Waals surface area contributed by atoms with Crippen molar-refractivity contribution in [2.24, 2.45) is 5.73 Å². The lowest BCUT2D eigenvalue weighted by molar-refractivity contribution is -0.129. The van der Waals surface area contributed by atoms with Gasteiger partial charge in [0.15, 0.2) is 11.5 Å². The highest BCUT2D eigenvalue weighted by atomic mass is 35.5. The van der Waals surface area contributed by atoms with Gasteiger partial charge < -0.3 is 25.3 Å². The molecule has 7 heteroatoms. The Morgan fingerprint density at radius 1 is 1.32 bits per heavy atom. The minimum atomic E-state index is -0.843. The van der Waals surface area contributed by atoms with Gasteiger partial charge in [0.1, 0.15) is 0 Å². The molecule has 0 unspecified atom stereocenters. The third-order valence-corrected chi connectivity index (χ3v) is 3.76. The number of hydrogen-bond donors (Lipinski definition) is 2. The fraction of sp³-hybridized carbons (Fsp3) is 0.533. The first kappa shape index (κ1) is 18.5. The van der Waals surface area contributed by atoms with Crippen LogP contribution >= 0.6 is 12.4 Å². The lowest BCUT2D eigenvalue weighted by Gasteiger charge is -2.31. The van der Waals surface area contributed by atoms with E-state index >= 15 is 0 Å². The van der Waals surface area contributed by atoms with Crippen LogP contribution in [0.4, 0.5) is 0 Å². The molecule has 0 aromatic heterocycles. The maximum Gasteiger partial charge on any atom is 0.240 e. The van der Waals surface area contributed by atoms with Crippen LogP contribution in [0.25, 0.3) is 0 Å². The summed E-state index contributed by atoms with van der Waals surface area (Å²) in [6, 6.07) is 5.55. The predicted molar refractivity (Wildman–Crippen MR) is 85.6 cm³/mol. The summed E-state index contributed by atoms with van der Waals surface area (Å²) < 4.78 is 15.8. The van der Waals surface area contributed by atoms with Gasteiger partial charge in [0.25, 0.3) is 0 Å². The van der Waals surface area contributed by atoms with Crippen molar-refractivity contribution >= 4 is 18.3 Å². The number of amides is 1. The van der Waals surface area contributed by atoms with E-state index < -0.39 is 5.54 Å². The predicted octanol–water partition coefficient (Wildman–Crippen LogP) is 1.25. The largest absolute Gasteiger partial charge is 0.493 e. The zero-order chi connectivity index (χ0) is 15.3. The average molecular weight is 331 g/mol. The molecular weight excluding hydrogens is 308 g/mol. The number of carbonyl (C=O) groups excluding carboxylic acids is 1. The van der Waals surface area contributed by atoms with Crippen LogP contribution in [0.15, 0.2) is 18.2 Å². The first-order chi connectivity index (χ1) is 10.1. The lowest BCUT2D eigenvalue weighted by Crippen LogP contribution is -2.56. The van der Waals surface area contributed by atoms with E-state index in [2.05, 4.69) is 5.32 Å². The van der Waals surface area contributed by atoms with Crippen LogP contribution in [0, 0.1) is 0 Å². The zero-order valence-corrected chi connectivity index (χ0v) is 13.7. The highest BCUT2D eigenvalue weighted by molar-refractivity contribution is 5.86. The summed E-state index contributed by atoms with van der Waals surface area (Å²) in [5.74, 6) is 1.10. The molecule has 1 aliphatic rings. The van der Waals surface area contributed by atoms with Crippen molar-refractivity contribution in [2.45, 2.75) is 24.9 Å². The summed E-state index contributed by atoms with van der Waals surface area (Å²) in [5.41, 5.74) is 6.15. The Balaban J connectivity index is 0.00000242. The van der Waals surface area contributed by atoms with E-state index in [0.717, 1.165) is 5.56 Å². The molecule has 1 saturated heterocycles. The topological polar surface area (TPSA) is 82.8 Å². The molecule has 3 N–H and O–H groups in total. The van der Waals surface area contributed by atoms with E-state index in [-0.39, 0.29) is 18.3 Å². The number of benzene rings is 1. The number of rotatable bonds is 5. The van der Waals surface area contributed by atoms with E-state index in [1.54, 1.807) is 14.2 Å². The smallest absolute Gasteiger partial charge is 0.240 e. The standard InChI is InChI=1S/C15H22N2O4.ClH/c1-19-12-5-3-4-11(13(12)20-2)10-17-14(18)15(16)6-8-21-9-7-15;/h3-5H,6-10,16H2,1-2H3,(H,17,18);1H. The van der Waals surface area contributed by atoms with Gasteiger partial charge in [-0.3, -0.25) is 4.79 Å². The molecule has 0 spiro atoms. The normalized spacial score (nSPS) is 16.3. The van der Waals surface area contributed by atoms with E-state index in [9.17, 15) is 4.79 Å². The summed E-state index contributed by atoms with van der Waals surface area (Å²) in [6.07, 6.45) is 1.07. The molecular formula is C15H23ClN2O4. The molecule has 124 valence electrons. The second-order valence-electron chi connectivity index (χ2n) is 5.10. The van der Waals surface area contributed by atoms with Crippen molar-refractivity contribution in [1.29, 1.82) is 0 Å². The van der Waals surface area contributed by atoms with Gasteiger partial charge in [0.2, 0.25) is 5.91 Å². The number of nitrogens with two attached hydrogens (primary N) is 1. The van der Waals surface area contributed by atoms with Crippen LogP contribution in [0.2, 0.25) is 0 Å². The SMILES string of the molecule is COc1cccc(CNC(=O)C2(N)CCOCC2)c1OC.Cl. The lowest BCUT2D eigenvalue weighted by atomic mass is 9.90. The summed E-state index contributed by atoms with van der Waals surface area (Å²) in [5, 5.41) is 2.88. The molecule has 0 saturated carbocycles. The van der Waals surface area contributed by atoms with Gasteiger partial charge in [-0.1, -0.05) is 12.1 Å². The summed E-state index contributed by atoms with van der Waals surface area (Å²) >= 11 is 0. The third kappa shape index (κ3) is 4.03. The number of methoxy groups -OCH3 is 2. The Bertz CT molecular complexity index is 504. The van der Waals surface area contributed by atoms with E-state index in [4.69, 9.17) is 19.9 Å². The van der Waals surface area contributed by atoms with Gasteiger partial charge in [-0.05, 0) is 18.9 Å². The van der Waals surface area contributed by atoms with Gasteiger partial charge in [0.05, 0.1) is 19.8 Å². The van der Waals surface area contributed by atoms with E-state index in [1.165, 1.54) is 0 Å². The minimum Gasteiger partial charge on any atom is -0.493 e. The van der Waals surface area contributed by atoms with Crippen LogP contribution in [0.3, 0.4) is 0 Å². The van der Waals surface area contributed by atoms with Gasteiger partial charge in [-0.2, -0.15) is 0 Å². The highest BCUT2D eigenvalue weighted by Gasteiger charge is 2.35. The summed E-state index contributed by atoms with van der Waals surface area (Å²) in [6.45, 7) is 1.39. The third-order valence-electron chi connectivity index (χ3n) is 3.76. The molecule has 2 rings (SSSR count). The van der Waals surface area contributed by atoms with Gasteiger partial charge in [-0.25, -0.2) is 0 Å². The Hall–Kier alpha value is -1.50. The average Bonchev–Trinajstić information content (AvgIpc) is 2.52. The quantitative estimate of drug-likeness (QED) is 0.849. The Morgan fingerprint density at radius 2 is 2.00 bits per heavy atom. The van der Waals surface area contributed by atoms with Crippen molar-refractivity contribution < 1.29 is 19.0 Å². The first-order valence-corrected chi connectivity index (χ1v) is 6.95. The molecule has 1 aromatic rings. The van der Waals surface area contributed by atoms with Crippen molar-refractivity contribution in [3.8, 4) is 11.5 Å². The van der Waals surface area contributed by atoms with Crippen LogP contribution in [0.5, 0.6) is 11.5 Å². The second kappa shape index (κ2) is 8.22. The number of hydrogen-bond acceptors (Lipinski definition) is 5. The number of ether oxygens (including phenoxy) is 3. The Labute approximate surface area is 136 Å². The summed E-state index contributed by atoms with van der Waals surface area (Å²) in [4.78, 5) is 12.3. The Kier molecular flexibility index (Phi) is 6.93. The van der Waals surface area contributed by atoms with Crippen LogP contribution in [0.1, 0.15) is 18.4 Å². The zero-order valence-electron chi connectivity index (χ0n) is 12.9. The first-order valence-electron chi connectivity index (χ1n) is 6.95. The van der Waals surface area contributed by atoms with Crippen LogP contribution in [-0.2, 0) is 16.1 Å². The molecule has 1 aliphatic heterocycles. The molecule has 0 bridgehead atoms. The van der Waals surface area contributed by atoms with Crippen molar-refractivity contribution in [3.63, 3.8) is 0 Å². The fourth-order valence-electron chi connectivity index (χ4n) is 2.41. The van der Waals surface area contributed by atoms with Crippen LogP contribution < -0.4 is 20.5 Å². The molecule has 1 fully saturated rings. The van der Waals surface area contributed by atoms with Crippen molar-refractivity contribution in [1.82, 2.24) is 5.32 Å². The monoisotopic (exact) mass is 330 g/mol. The molecule has 1 amide bonds. The number of halogens is 1. The molecule has 0 atom stereocenters. The van der Waals surface area contributed by atoms with Crippen molar-refractivity contribution in [3.05, 3.63) is 23.8 Å². The molecule has 6 nitrogen and oxygen atoms in total. The highest BCUT2D eigenvalue weighted by Crippen LogP contribution is 2.30. The maximum absolute atomic E-state index is 12.3. The number of para-hydroxylation sites is 1. The number of carbonyl (C=O) groups is 1. The molecule has 22 heavy (non-hydrogen) atoms. The molecule has 0 radical (unpaired) electrons.